The van der Waals surface area contributed by atoms with Crippen molar-refractivity contribution < 1.29 is 9.21 Å². The number of anilines is 1. The highest BCUT2D eigenvalue weighted by Crippen LogP contribution is 2.30. The second-order valence-electron chi connectivity index (χ2n) is 6.24. The van der Waals surface area contributed by atoms with Crippen molar-refractivity contribution in [3.8, 4) is 11.3 Å². The van der Waals surface area contributed by atoms with Gasteiger partial charge in [0.1, 0.15) is 5.58 Å². The number of carbonyl (C=O) groups excluding carboxylic acids is 1. The Bertz CT molecular complexity index is 1130. The van der Waals surface area contributed by atoms with E-state index in [9.17, 15) is 4.79 Å². The maximum atomic E-state index is 12.7. The molecule has 0 aliphatic carbocycles. The number of aromatic nitrogens is 1. The van der Waals surface area contributed by atoms with Gasteiger partial charge in [0.15, 0.2) is 10.9 Å². The van der Waals surface area contributed by atoms with E-state index in [-0.39, 0.29) is 5.91 Å². The smallest absolute Gasteiger partial charge is 0.293 e. The molecule has 0 bridgehead atoms. The van der Waals surface area contributed by atoms with Gasteiger partial charge in [0, 0.05) is 26.4 Å². The lowest BCUT2D eigenvalue weighted by molar-refractivity contribution is 0.0998. The summed E-state index contributed by atoms with van der Waals surface area (Å²) in [5.41, 5.74) is 4.68. The molecule has 6 heteroatoms. The molecule has 0 saturated carbocycles. The Morgan fingerprint density at radius 2 is 2.00 bits per heavy atom. The third kappa shape index (κ3) is 3.55. The van der Waals surface area contributed by atoms with E-state index in [0.717, 1.165) is 33.1 Å². The van der Waals surface area contributed by atoms with E-state index in [4.69, 9.17) is 4.42 Å². The molecular formula is C21H17BrN2O2S. The maximum Gasteiger partial charge on any atom is 0.293 e. The molecule has 0 fully saturated rings. The average molecular weight is 441 g/mol. The van der Waals surface area contributed by atoms with E-state index in [1.165, 1.54) is 16.9 Å². The molecule has 0 saturated heterocycles. The van der Waals surface area contributed by atoms with Gasteiger partial charge in [-0.1, -0.05) is 47.1 Å². The number of benzene rings is 2. The van der Waals surface area contributed by atoms with Crippen molar-refractivity contribution in [2.24, 2.45) is 0 Å². The summed E-state index contributed by atoms with van der Waals surface area (Å²) in [5, 5.41) is 6.27. The number of fused-ring (bicyclic) bond motifs is 1. The van der Waals surface area contributed by atoms with Crippen LogP contribution in [0.1, 0.15) is 28.6 Å². The SMILES string of the molecule is CCc1ccc(-c2csc(NC(=O)c3oc4ccc(Br)cc4c3C)n2)cc1. The summed E-state index contributed by atoms with van der Waals surface area (Å²) >= 11 is 4.85. The molecule has 0 aliphatic rings. The van der Waals surface area contributed by atoms with Crippen LogP contribution in [0, 0.1) is 6.92 Å². The van der Waals surface area contributed by atoms with E-state index < -0.39 is 0 Å². The number of furan rings is 1. The number of carbonyl (C=O) groups is 1. The van der Waals surface area contributed by atoms with Crippen LogP contribution in [0.4, 0.5) is 5.13 Å². The molecule has 0 radical (unpaired) electrons. The van der Waals surface area contributed by atoms with Crippen LogP contribution in [-0.4, -0.2) is 10.9 Å². The Labute approximate surface area is 169 Å². The fourth-order valence-electron chi connectivity index (χ4n) is 2.94. The Hall–Kier alpha value is -2.44. The number of nitrogens with zero attached hydrogens (tertiary/aromatic N) is 1. The Morgan fingerprint density at radius 1 is 1.22 bits per heavy atom. The molecule has 2 heterocycles. The van der Waals surface area contributed by atoms with Crippen molar-refractivity contribution >= 4 is 49.3 Å². The largest absolute Gasteiger partial charge is 0.451 e. The lowest BCUT2D eigenvalue weighted by Gasteiger charge is -2.00. The van der Waals surface area contributed by atoms with Gasteiger partial charge in [0.25, 0.3) is 5.91 Å². The van der Waals surface area contributed by atoms with Gasteiger partial charge in [-0.3, -0.25) is 10.1 Å². The number of rotatable bonds is 4. The summed E-state index contributed by atoms with van der Waals surface area (Å²) in [6.45, 7) is 4.01. The van der Waals surface area contributed by atoms with Crippen LogP contribution in [0.3, 0.4) is 0 Å². The summed E-state index contributed by atoms with van der Waals surface area (Å²) in [5.74, 6) is 0.0224. The number of aryl methyl sites for hydroxylation is 2. The molecule has 4 nitrogen and oxygen atoms in total. The van der Waals surface area contributed by atoms with Crippen molar-refractivity contribution in [3.63, 3.8) is 0 Å². The van der Waals surface area contributed by atoms with E-state index in [0.29, 0.717) is 16.5 Å². The second kappa shape index (κ2) is 7.29. The van der Waals surface area contributed by atoms with Gasteiger partial charge in [-0.25, -0.2) is 4.98 Å². The number of thiazole rings is 1. The molecule has 136 valence electrons. The van der Waals surface area contributed by atoms with Crippen molar-refractivity contribution in [2.45, 2.75) is 20.3 Å². The number of amides is 1. The minimum Gasteiger partial charge on any atom is -0.451 e. The second-order valence-corrected chi connectivity index (χ2v) is 8.01. The summed E-state index contributed by atoms with van der Waals surface area (Å²) < 4.78 is 6.70. The van der Waals surface area contributed by atoms with Crippen LogP contribution in [0.15, 0.2) is 56.7 Å². The first-order chi connectivity index (χ1) is 13.0. The van der Waals surface area contributed by atoms with Crippen LogP contribution in [-0.2, 0) is 6.42 Å². The van der Waals surface area contributed by atoms with E-state index in [1.807, 2.05) is 30.5 Å². The number of nitrogens with one attached hydrogen (secondary N) is 1. The maximum absolute atomic E-state index is 12.7. The van der Waals surface area contributed by atoms with Crippen LogP contribution in [0.5, 0.6) is 0 Å². The van der Waals surface area contributed by atoms with Gasteiger partial charge in [0.05, 0.1) is 5.69 Å². The minimum absolute atomic E-state index is 0.290. The number of hydrogen-bond donors (Lipinski definition) is 1. The fourth-order valence-corrected chi connectivity index (χ4v) is 4.01. The Morgan fingerprint density at radius 3 is 2.74 bits per heavy atom. The van der Waals surface area contributed by atoms with E-state index in [1.54, 1.807) is 0 Å². The summed E-state index contributed by atoms with van der Waals surface area (Å²) in [4.78, 5) is 17.2. The normalized spacial score (nSPS) is 11.1. The molecule has 1 N–H and O–H groups in total. The summed E-state index contributed by atoms with van der Waals surface area (Å²) in [6.07, 6.45) is 1.01. The van der Waals surface area contributed by atoms with E-state index >= 15 is 0 Å². The predicted molar refractivity (Wildman–Crippen MR) is 114 cm³/mol. The fraction of sp³-hybridized carbons (Fsp3) is 0.143. The lowest BCUT2D eigenvalue weighted by atomic mass is 10.1. The van der Waals surface area contributed by atoms with Gasteiger partial charge in [-0.15, -0.1) is 11.3 Å². The van der Waals surface area contributed by atoms with Crippen molar-refractivity contribution in [3.05, 3.63) is 69.2 Å². The van der Waals surface area contributed by atoms with Gasteiger partial charge < -0.3 is 4.42 Å². The Balaban J connectivity index is 1.57. The van der Waals surface area contributed by atoms with Gasteiger partial charge >= 0.3 is 0 Å². The van der Waals surface area contributed by atoms with Crippen molar-refractivity contribution in [1.82, 2.24) is 4.98 Å². The minimum atomic E-state index is -0.290. The van der Waals surface area contributed by atoms with Gasteiger partial charge in [0.2, 0.25) is 0 Å². The van der Waals surface area contributed by atoms with Crippen LogP contribution >= 0.6 is 27.3 Å². The third-order valence-corrected chi connectivity index (χ3v) is 5.74. The molecule has 0 atom stereocenters. The number of hydrogen-bond acceptors (Lipinski definition) is 4. The summed E-state index contributed by atoms with van der Waals surface area (Å²) in [6, 6.07) is 14.0. The highest BCUT2D eigenvalue weighted by atomic mass is 79.9. The molecule has 0 aliphatic heterocycles. The van der Waals surface area contributed by atoms with Gasteiger partial charge in [-0.2, -0.15) is 0 Å². The number of halogens is 1. The quantitative estimate of drug-likeness (QED) is 0.396. The van der Waals surface area contributed by atoms with Crippen LogP contribution < -0.4 is 5.32 Å². The first-order valence-corrected chi connectivity index (χ1v) is 10.3. The zero-order valence-electron chi connectivity index (χ0n) is 14.9. The molecule has 0 spiro atoms. The van der Waals surface area contributed by atoms with Crippen LogP contribution in [0.25, 0.3) is 22.2 Å². The van der Waals surface area contributed by atoms with Crippen molar-refractivity contribution in [2.75, 3.05) is 5.32 Å². The highest BCUT2D eigenvalue weighted by Gasteiger charge is 2.19. The average Bonchev–Trinajstić information content (AvgIpc) is 3.27. The highest BCUT2D eigenvalue weighted by molar-refractivity contribution is 9.10. The molecule has 2 aromatic heterocycles. The zero-order valence-corrected chi connectivity index (χ0v) is 17.3. The molecular weight excluding hydrogens is 424 g/mol. The predicted octanol–water partition coefficient (Wildman–Crippen LogP) is 6.44. The third-order valence-electron chi connectivity index (χ3n) is 4.49. The molecule has 1 amide bonds. The molecule has 4 aromatic rings. The monoisotopic (exact) mass is 440 g/mol. The van der Waals surface area contributed by atoms with E-state index in [2.05, 4.69) is 57.4 Å². The molecule has 27 heavy (non-hydrogen) atoms. The summed E-state index contributed by atoms with van der Waals surface area (Å²) in [7, 11) is 0. The van der Waals surface area contributed by atoms with Crippen molar-refractivity contribution in [1.29, 1.82) is 0 Å². The Kier molecular flexibility index (Phi) is 4.85. The standard InChI is InChI=1S/C21H17BrN2O2S/c1-3-13-4-6-14(7-5-13)17-11-27-21(23-17)24-20(25)19-12(2)16-10-15(22)8-9-18(16)26-19/h4-11H,3H2,1-2H3,(H,23,24,25). The van der Waals surface area contributed by atoms with Gasteiger partial charge in [-0.05, 0) is 37.1 Å². The first kappa shape index (κ1) is 17.9. The van der Waals surface area contributed by atoms with Crippen LogP contribution in [0.2, 0.25) is 0 Å². The zero-order chi connectivity index (χ0) is 19.0. The molecule has 4 rings (SSSR count). The molecule has 0 unspecified atom stereocenters. The first-order valence-electron chi connectivity index (χ1n) is 8.60. The molecule has 2 aromatic carbocycles. The lowest BCUT2D eigenvalue weighted by Crippen LogP contribution is -2.11. The topological polar surface area (TPSA) is 55.1 Å².